The molecule has 0 aromatic heterocycles. The summed E-state index contributed by atoms with van der Waals surface area (Å²) in [6.45, 7) is 5.13. The molecule has 3 rings (SSSR count). The van der Waals surface area contributed by atoms with E-state index in [1.54, 1.807) is 0 Å². The number of rotatable bonds is 5. The Bertz CT molecular complexity index is 875. The first-order valence-corrected chi connectivity index (χ1v) is 9.70. The molecule has 2 aliphatic rings. The number of carbonyl (C=O) groups excluding carboxylic acids is 1. The maximum absolute atomic E-state index is 12.4. The highest BCUT2D eigenvalue weighted by Gasteiger charge is 2.19. The zero-order valence-electron chi connectivity index (χ0n) is 16.6. The quantitative estimate of drug-likeness (QED) is 0.345. The van der Waals surface area contributed by atoms with Crippen LogP contribution in [0.1, 0.15) is 12.0 Å². The molecule has 0 aliphatic carbocycles. The third-order valence-corrected chi connectivity index (χ3v) is 5.09. The van der Waals surface area contributed by atoms with Crippen LogP contribution in [0.2, 0.25) is 0 Å². The van der Waals surface area contributed by atoms with Gasteiger partial charge in [0.25, 0.3) is 5.91 Å². The minimum absolute atomic E-state index is 0.452. The highest BCUT2D eigenvalue weighted by atomic mass is 16.5. The Labute approximate surface area is 171 Å². The third-order valence-electron chi connectivity index (χ3n) is 5.09. The predicted octanol–water partition coefficient (Wildman–Crippen LogP) is 2.70. The fourth-order valence-corrected chi connectivity index (χ4v) is 3.38. The summed E-state index contributed by atoms with van der Waals surface area (Å²) >= 11 is 0. The van der Waals surface area contributed by atoms with Gasteiger partial charge in [0.1, 0.15) is 0 Å². The number of ether oxygens (including phenoxy) is 1. The summed E-state index contributed by atoms with van der Waals surface area (Å²) in [5.74, 6) is -1.07. The largest absolute Gasteiger partial charge is 0.503 e. The standard InChI is InChI=1S/C22H26N4O3/c1-25-10-12-26(13-11-25)18-5-6-20(19(16-18)17-7-14-29-15-8-17)24-22(28)21(27)4-2-3-9-23/h2-7,16,27H,8,10-15H2,1H3,(H,24,28)/b3-2+,21-4-. The average molecular weight is 394 g/mol. The van der Waals surface area contributed by atoms with Crippen LogP contribution in [-0.2, 0) is 9.53 Å². The van der Waals surface area contributed by atoms with E-state index in [1.807, 2.05) is 24.3 Å². The Hall–Kier alpha value is -3.08. The number of nitrogens with zero attached hydrogens (tertiary/aromatic N) is 3. The Balaban J connectivity index is 1.86. The number of hydrogen-bond acceptors (Lipinski definition) is 6. The summed E-state index contributed by atoms with van der Waals surface area (Å²) < 4.78 is 5.43. The number of amides is 1. The van der Waals surface area contributed by atoms with E-state index in [1.165, 1.54) is 18.2 Å². The first-order valence-electron chi connectivity index (χ1n) is 9.70. The molecule has 0 atom stereocenters. The average Bonchev–Trinajstić information content (AvgIpc) is 2.75. The van der Waals surface area contributed by atoms with Gasteiger partial charge in [-0.25, -0.2) is 0 Å². The molecule has 7 nitrogen and oxygen atoms in total. The second kappa shape index (κ2) is 9.92. The number of benzene rings is 1. The number of likely N-dealkylation sites (N-methyl/N-ethyl adjacent to an activating group) is 1. The van der Waals surface area contributed by atoms with Gasteiger partial charge in [0.15, 0.2) is 5.76 Å². The van der Waals surface area contributed by atoms with Crippen LogP contribution < -0.4 is 10.2 Å². The van der Waals surface area contributed by atoms with Crippen LogP contribution in [0.15, 0.2) is 48.3 Å². The van der Waals surface area contributed by atoms with Crippen molar-refractivity contribution in [2.75, 3.05) is 56.7 Å². The van der Waals surface area contributed by atoms with Crippen LogP contribution in [0.3, 0.4) is 0 Å². The number of nitriles is 1. The molecule has 0 bridgehead atoms. The normalized spacial score (nSPS) is 18.4. The molecule has 7 heteroatoms. The number of anilines is 2. The number of hydrogen-bond donors (Lipinski definition) is 2. The molecule has 1 aromatic carbocycles. The molecule has 2 N–H and O–H groups in total. The van der Waals surface area contributed by atoms with Crippen LogP contribution in [-0.4, -0.2) is 62.4 Å². The van der Waals surface area contributed by atoms with Crippen LogP contribution in [0, 0.1) is 11.3 Å². The zero-order chi connectivity index (χ0) is 20.6. The molecule has 1 saturated heterocycles. The molecule has 29 heavy (non-hydrogen) atoms. The van der Waals surface area contributed by atoms with Crippen LogP contribution in [0.25, 0.3) is 5.57 Å². The molecule has 152 valence electrons. The summed E-state index contributed by atoms with van der Waals surface area (Å²) in [5.41, 5.74) is 3.83. The summed E-state index contributed by atoms with van der Waals surface area (Å²) in [5, 5.41) is 21.2. The summed E-state index contributed by atoms with van der Waals surface area (Å²) in [6, 6.07) is 7.80. The fraction of sp³-hybridized carbons (Fsp3) is 0.364. The number of aliphatic hydroxyl groups is 1. The van der Waals surface area contributed by atoms with E-state index in [4.69, 9.17) is 10.00 Å². The lowest BCUT2D eigenvalue weighted by molar-refractivity contribution is -0.115. The maximum Gasteiger partial charge on any atom is 0.290 e. The van der Waals surface area contributed by atoms with Crippen molar-refractivity contribution in [3.05, 3.63) is 53.8 Å². The van der Waals surface area contributed by atoms with Crippen molar-refractivity contribution in [2.24, 2.45) is 0 Å². The van der Waals surface area contributed by atoms with Crippen LogP contribution in [0.4, 0.5) is 11.4 Å². The monoisotopic (exact) mass is 394 g/mol. The molecule has 0 spiro atoms. The van der Waals surface area contributed by atoms with Crippen molar-refractivity contribution in [1.82, 2.24) is 4.90 Å². The number of aliphatic hydroxyl groups excluding tert-OH is 1. The van der Waals surface area contributed by atoms with Gasteiger partial charge in [-0.2, -0.15) is 5.26 Å². The van der Waals surface area contributed by atoms with E-state index in [2.05, 4.69) is 28.2 Å². The number of carbonyl (C=O) groups is 1. The highest BCUT2D eigenvalue weighted by Crippen LogP contribution is 2.32. The van der Waals surface area contributed by atoms with E-state index in [-0.39, 0.29) is 0 Å². The number of nitrogens with one attached hydrogen (secondary N) is 1. The van der Waals surface area contributed by atoms with Crippen molar-refractivity contribution in [1.29, 1.82) is 5.26 Å². The van der Waals surface area contributed by atoms with Gasteiger partial charge < -0.3 is 25.0 Å². The minimum atomic E-state index is -0.617. The molecule has 1 amide bonds. The van der Waals surface area contributed by atoms with Crippen LogP contribution in [0.5, 0.6) is 0 Å². The lowest BCUT2D eigenvalue weighted by Gasteiger charge is -2.34. The summed E-state index contributed by atoms with van der Waals surface area (Å²) in [7, 11) is 2.13. The van der Waals surface area contributed by atoms with Gasteiger partial charge in [-0.1, -0.05) is 6.08 Å². The minimum Gasteiger partial charge on any atom is -0.503 e. The molecule has 2 aliphatic heterocycles. The summed E-state index contributed by atoms with van der Waals surface area (Å²) in [4.78, 5) is 17.0. The van der Waals surface area contributed by atoms with Gasteiger partial charge >= 0.3 is 0 Å². The fourth-order valence-electron chi connectivity index (χ4n) is 3.38. The topological polar surface area (TPSA) is 88.8 Å². The lowest BCUT2D eigenvalue weighted by Crippen LogP contribution is -2.44. The second-order valence-corrected chi connectivity index (χ2v) is 7.07. The second-order valence-electron chi connectivity index (χ2n) is 7.07. The zero-order valence-corrected chi connectivity index (χ0v) is 16.6. The Morgan fingerprint density at radius 3 is 2.79 bits per heavy atom. The highest BCUT2D eigenvalue weighted by molar-refractivity contribution is 6.04. The van der Waals surface area contributed by atoms with Gasteiger partial charge in [0.2, 0.25) is 0 Å². The number of allylic oxidation sites excluding steroid dienone is 3. The van der Waals surface area contributed by atoms with Gasteiger partial charge in [-0.15, -0.1) is 0 Å². The molecule has 1 fully saturated rings. The first-order chi connectivity index (χ1) is 14.1. The van der Waals surface area contributed by atoms with Gasteiger partial charge in [-0.3, -0.25) is 4.79 Å². The van der Waals surface area contributed by atoms with Crippen molar-refractivity contribution in [3.63, 3.8) is 0 Å². The SMILES string of the molecule is CN1CCN(c2ccc(NC(=O)/C(O)=C/C=C/C#N)c(C3=CCOCC3)c2)CC1. The maximum atomic E-state index is 12.4. The van der Waals surface area contributed by atoms with Gasteiger partial charge in [0, 0.05) is 49.2 Å². The number of piperazine rings is 1. The molecule has 0 radical (unpaired) electrons. The van der Waals surface area contributed by atoms with E-state index in [0.717, 1.165) is 49.4 Å². The molecule has 0 unspecified atom stereocenters. The van der Waals surface area contributed by atoms with E-state index < -0.39 is 11.7 Å². The Morgan fingerprint density at radius 1 is 1.31 bits per heavy atom. The van der Waals surface area contributed by atoms with Crippen molar-refractivity contribution >= 4 is 22.9 Å². The van der Waals surface area contributed by atoms with E-state index in [9.17, 15) is 9.90 Å². The molecular weight excluding hydrogens is 368 g/mol. The van der Waals surface area contributed by atoms with Crippen LogP contribution >= 0.6 is 0 Å². The van der Waals surface area contributed by atoms with Crippen molar-refractivity contribution in [3.8, 4) is 6.07 Å². The van der Waals surface area contributed by atoms with E-state index in [0.29, 0.717) is 18.9 Å². The smallest absolute Gasteiger partial charge is 0.290 e. The molecule has 0 saturated carbocycles. The Morgan fingerprint density at radius 2 is 2.10 bits per heavy atom. The third kappa shape index (κ3) is 5.47. The summed E-state index contributed by atoms with van der Waals surface area (Å²) in [6.07, 6.45) is 6.51. The first kappa shape index (κ1) is 20.6. The lowest BCUT2D eigenvalue weighted by atomic mass is 9.98. The van der Waals surface area contributed by atoms with E-state index >= 15 is 0 Å². The van der Waals surface area contributed by atoms with Gasteiger partial charge in [0.05, 0.1) is 19.3 Å². The Kier molecular flexibility index (Phi) is 7.06. The van der Waals surface area contributed by atoms with Gasteiger partial charge in [-0.05, 0) is 49.4 Å². The molecular formula is C22H26N4O3. The molecule has 2 heterocycles. The van der Waals surface area contributed by atoms with Crippen molar-refractivity contribution < 1.29 is 14.6 Å². The predicted molar refractivity (Wildman–Crippen MR) is 114 cm³/mol. The van der Waals surface area contributed by atoms with Crippen molar-refractivity contribution in [2.45, 2.75) is 6.42 Å². The molecule has 1 aromatic rings.